The van der Waals surface area contributed by atoms with Gasteiger partial charge in [0, 0.05) is 35.5 Å². The van der Waals surface area contributed by atoms with Gasteiger partial charge in [-0.05, 0) is 148 Å². The number of ether oxygens (including phenoxy) is 27. The van der Waals surface area contributed by atoms with Gasteiger partial charge in [0.25, 0.3) is 0 Å². The summed E-state index contributed by atoms with van der Waals surface area (Å²) in [5.74, 6) is -4.36. The Kier molecular flexibility index (Phi) is 25.1. The van der Waals surface area contributed by atoms with Gasteiger partial charge in [-0.25, -0.2) is 4.57 Å². The van der Waals surface area contributed by atoms with Crippen LogP contribution < -0.4 is 61.4 Å². The van der Waals surface area contributed by atoms with E-state index < -0.39 is 208 Å². The number of methoxy groups -OCH3 is 6. The van der Waals surface area contributed by atoms with Crippen LogP contribution in [0.5, 0.6) is 86.2 Å². The van der Waals surface area contributed by atoms with Gasteiger partial charge >= 0.3 is 25.7 Å². The standard InChI is InChI=1S/C32H32O13S.C29H33O16P.C29H32O13/c1-37-19-6-13(7-20(38-2)25(19)33)23-14-8-17-18(42-12-41-17)9-15(14)28(16-10-39-30(36)24(16)23)44-32-27(35)26(34)29-21(43-32)11-40-31(45-29)22-4-3-5-46-22;1-11-38-9-20-27(42-11)23(30)24(31)29(43-20)44-25-14-7-17-16(40-10-41-17)6-13(14)21(22-15(25)8-39-28(22)32)12-4-18(36-2)26(19(5-12)37-3)45-46(33,34)35;1-11-36-9-20-27(40-11)24(31)25(32)29(41-20)42-26-14-7-17-16(38-10-39-17)6-13(14)21(22-15(26)8-37-28(22)33)12-4-18(34-2)23(30)19(5-12)35-3/h3-9,16,21,23-24,26-29,31-35H,10-12H2,1-2H3;4-7,11,15,20-25,27,29-31H,8-10H2,1-3H3,(H2,33,34,35);4-7,11,15,20-22,24-27,29-32H,8-10H2,1-3H3/t16-,21+,23+,24-,26+,27+,28+,29+,31+,32-;11-,15+,20-,21-,22+,23-,24-,25-,27-,29+;11-,15+,20-,21-,22+,24-,25-,26-,27-,29+/m011/s1. The van der Waals surface area contributed by atoms with Gasteiger partial charge in [0.15, 0.2) is 107 Å². The lowest BCUT2D eigenvalue weighted by atomic mass is 9.66. The molecule has 10 N–H and O–H groups in total. The van der Waals surface area contributed by atoms with Crippen LogP contribution in [0, 0.1) is 35.5 Å². The first kappa shape index (κ1) is 91.6. The number of phosphoric ester groups is 1. The first-order valence-electron chi connectivity index (χ1n) is 43.2. The van der Waals surface area contributed by atoms with Crippen LogP contribution in [0.2, 0.25) is 0 Å². The number of rotatable bonds is 18. The van der Waals surface area contributed by atoms with Crippen molar-refractivity contribution in [2.75, 3.05) is 103 Å². The molecule has 30 atom stereocenters. The molecule has 0 saturated carbocycles. The van der Waals surface area contributed by atoms with Crippen LogP contribution in [-0.2, 0) is 90.0 Å². The summed E-state index contributed by atoms with van der Waals surface area (Å²) in [7, 11) is 3.32. The number of phenolic OH excluding ortho intramolecular Hbond substituents is 2. The smallest absolute Gasteiger partial charge is 0.502 e. The van der Waals surface area contributed by atoms with Crippen molar-refractivity contribution in [3.63, 3.8) is 0 Å². The Morgan fingerprint density at radius 1 is 0.373 bits per heavy atom. The average Bonchev–Trinajstić information content (AvgIpc) is 1.49. The van der Waals surface area contributed by atoms with Gasteiger partial charge in [0.1, 0.15) is 73.2 Å². The van der Waals surface area contributed by atoms with Crippen molar-refractivity contribution in [1.82, 2.24) is 0 Å². The van der Waals surface area contributed by atoms with E-state index in [1.54, 1.807) is 68.4 Å². The predicted molar refractivity (Wildman–Crippen MR) is 444 cm³/mol. The number of carbonyl (C=O) groups is 3. The molecule has 720 valence electrons. The maximum absolute atomic E-state index is 13.5. The number of cyclic esters (lactones) is 3. The number of aliphatic hydroxyl groups is 6. The van der Waals surface area contributed by atoms with Crippen LogP contribution in [0.15, 0.2) is 90.3 Å². The van der Waals surface area contributed by atoms with Crippen molar-refractivity contribution in [2.24, 2.45) is 35.5 Å². The third kappa shape index (κ3) is 16.4. The van der Waals surface area contributed by atoms with Crippen molar-refractivity contribution in [3.8, 4) is 86.2 Å². The number of fused-ring (bicyclic) bond motifs is 12. The molecule has 7 aromatic rings. The van der Waals surface area contributed by atoms with Crippen molar-refractivity contribution < 1.29 is 202 Å². The third-order valence-corrected chi connectivity index (χ3v) is 28.4. The van der Waals surface area contributed by atoms with E-state index >= 15 is 0 Å². The summed E-state index contributed by atoms with van der Waals surface area (Å²) in [6, 6.07) is 24.1. The molecule has 42 nitrogen and oxygen atoms in total. The molecule has 134 heavy (non-hydrogen) atoms. The second-order valence-electron chi connectivity index (χ2n) is 34.3. The van der Waals surface area contributed by atoms with Crippen molar-refractivity contribution in [2.45, 2.75) is 161 Å². The van der Waals surface area contributed by atoms with Crippen LogP contribution in [-0.4, -0.2) is 276 Å². The number of aliphatic hydroxyl groups excluding tert-OH is 6. The molecule has 0 unspecified atom stereocenters. The van der Waals surface area contributed by atoms with Gasteiger partial charge in [0.2, 0.25) is 37.6 Å². The van der Waals surface area contributed by atoms with Crippen molar-refractivity contribution in [3.05, 3.63) is 145 Å². The second kappa shape index (κ2) is 36.7. The normalized spacial score (nSPS) is 35.1. The van der Waals surface area contributed by atoms with E-state index in [0.717, 1.165) is 4.88 Å². The number of hydrogen-bond acceptors (Lipinski definition) is 41. The van der Waals surface area contributed by atoms with Gasteiger partial charge in [-0.2, -0.15) is 0 Å². The minimum absolute atomic E-state index is 0.0242. The van der Waals surface area contributed by atoms with E-state index in [9.17, 15) is 69.6 Å². The highest BCUT2D eigenvalue weighted by atomic mass is 32.1. The Morgan fingerprint density at radius 3 is 0.985 bits per heavy atom. The van der Waals surface area contributed by atoms with Gasteiger partial charge in [-0.1, -0.05) is 6.07 Å². The summed E-state index contributed by atoms with van der Waals surface area (Å²) < 4.78 is 172. The molecule has 0 radical (unpaired) electrons. The zero-order valence-electron chi connectivity index (χ0n) is 72.7. The fourth-order valence-electron chi connectivity index (χ4n) is 20.8. The van der Waals surface area contributed by atoms with E-state index in [0.29, 0.717) is 84.6 Å². The summed E-state index contributed by atoms with van der Waals surface area (Å²) in [6.07, 6.45) is -21.1. The number of benzene rings is 6. The molecule has 22 rings (SSSR count). The summed E-state index contributed by atoms with van der Waals surface area (Å²) in [6.45, 7) is 3.82. The Bertz CT molecular complexity index is 5560. The van der Waals surface area contributed by atoms with Crippen LogP contribution in [0.3, 0.4) is 0 Å². The molecule has 1 aromatic heterocycles. The summed E-state index contributed by atoms with van der Waals surface area (Å²) in [4.78, 5) is 60.2. The number of carbonyl (C=O) groups excluding carboxylic acids is 3. The van der Waals surface area contributed by atoms with E-state index in [2.05, 4.69) is 0 Å². The lowest BCUT2D eigenvalue weighted by Crippen LogP contribution is -2.63. The Hall–Kier alpha value is -10.1. The third-order valence-electron chi connectivity index (χ3n) is 27.1. The highest BCUT2D eigenvalue weighted by Crippen LogP contribution is 2.63. The second-order valence-corrected chi connectivity index (χ2v) is 36.4. The molecule has 13 heterocycles. The van der Waals surface area contributed by atoms with E-state index in [-0.39, 0.29) is 112 Å². The lowest BCUT2D eigenvalue weighted by Gasteiger charge is -2.48. The number of phenols is 2. The first-order chi connectivity index (χ1) is 64.6. The Labute approximate surface area is 766 Å². The highest BCUT2D eigenvalue weighted by molar-refractivity contribution is 7.46. The van der Waals surface area contributed by atoms with Crippen LogP contribution in [0.25, 0.3) is 0 Å². The fourth-order valence-corrected chi connectivity index (χ4v) is 22.0. The highest BCUT2D eigenvalue weighted by Gasteiger charge is 2.62. The van der Waals surface area contributed by atoms with Crippen molar-refractivity contribution >= 4 is 37.1 Å². The van der Waals surface area contributed by atoms with Gasteiger partial charge < -0.3 is 173 Å². The van der Waals surface area contributed by atoms with E-state index in [4.69, 9.17) is 132 Å². The topological polar surface area (TPSA) is 529 Å². The quantitative estimate of drug-likeness (QED) is 0.0300. The van der Waals surface area contributed by atoms with E-state index in [1.165, 1.54) is 66.1 Å². The van der Waals surface area contributed by atoms with Crippen LogP contribution in [0.4, 0.5) is 0 Å². The van der Waals surface area contributed by atoms with Crippen LogP contribution >= 0.6 is 19.2 Å². The van der Waals surface area contributed by atoms with Gasteiger partial charge in [0.05, 0.1) is 123 Å². The van der Waals surface area contributed by atoms with Crippen molar-refractivity contribution in [1.29, 1.82) is 0 Å². The maximum atomic E-state index is 13.5. The molecule has 6 aromatic carbocycles. The monoisotopic (exact) mass is 1910 g/mol. The molecular formula is C90H97O42PS. The summed E-state index contributed by atoms with van der Waals surface area (Å²) in [5, 5.41) is 89.5. The molecule has 0 bridgehead atoms. The molecule has 12 aliphatic heterocycles. The average molecular weight is 1910 g/mol. The summed E-state index contributed by atoms with van der Waals surface area (Å²) >= 11 is 1.46. The minimum atomic E-state index is -5.00. The molecule has 15 aliphatic rings. The molecule has 9 fully saturated rings. The van der Waals surface area contributed by atoms with E-state index in [1.807, 2.05) is 23.6 Å². The van der Waals surface area contributed by atoms with Gasteiger partial charge in [-0.3, -0.25) is 24.2 Å². The molecule has 44 heteroatoms. The first-order valence-corrected chi connectivity index (χ1v) is 45.6. The Morgan fingerprint density at radius 2 is 0.679 bits per heavy atom. The number of esters is 3. The number of thiophene rings is 1. The molecular weight excluding hydrogens is 1820 g/mol. The predicted octanol–water partition coefficient (Wildman–Crippen LogP) is 5.20. The summed E-state index contributed by atoms with van der Waals surface area (Å²) in [5.41, 5.74) is 5.67. The molecule has 0 amide bonds. The molecule has 3 aliphatic carbocycles. The SMILES string of the molecule is COc1cc([C@@H]2c3cc4c(cc3[C@@H](O[C@@H]3O[C@@H]5CO[C@@H](C)O[C@H]5[C@H](O)[C@H]3O)[C@H]3COC(=O)[C@H]23)OCO4)cc(OC)c1O.COc1cc([C@@H]2c3cc4c(cc3[C@@H](O[C@@H]3O[C@@H]5CO[C@@H](C)O[C@H]5[C@H](O)[C@H]3O)[C@H]3COC(=O)[C@H]23)OCO4)cc(OC)c1OP(=O)(O)O.COc1cc([C@@H]2c3cc4c(cc3[C@@H](O[C@@H]3O[C@@H]5CO[C@@H](c6cccs6)O[C@H]5[C@H](O)[C@H]3O)[C@H]3COC(=O)[C@H]23)OCO4)cc(OC)c1O. The molecule has 0 spiro atoms. The van der Waals surface area contributed by atoms with Gasteiger partial charge in [-0.15, -0.1) is 11.3 Å². The maximum Gasteiger partial charge on any atom is 0.525 e. The molecule has 9 saturated heterocycles. The Balaban J connectivity index is 0.000000125. The zero-order chi connectivity index (χ0) is 93.5. The number of phosphoric acid groups is 1. The zero-order valence-corrected chi connectivity index (χ0v) is 74.4. The number of aromatic hydroxyl groups is 2. The fraction of sp³-hybridized carbons (Fsp3) is 0.522. The lowest BCUT2D eigenvalue weighted by molar-refractivity contribution is -0.368. The largest absolute Gasteiger partial charge is 0.525 e. The van der Waals surface area contributed by atoms with Crippen LogP contribution in [0.1, 0.15) is 111 Å². The number of hydrogen-bond donors (Lipinski definition) is 10. The minimum Gasteiger partial charge on any atom is -0.502 e.